The molecule has 19 heavy (non-hydrogen) atoms. The largest absolute Gasteiger partial charge is 0.372 e. The molecule has 1 spiro atoms. The van der Waals surface area contributed by atoms with Gasteiger partial charge in [0.15, 0.2) is 0 Å². The zero-order chi connectivity index (χ0) is 13.6. The van der Waals surface area contributed by atoms with Crippen LogP contribution in [0.15, 0.2) is 0 Å². The van der Waals surface area contributed by atoms with E-state index in [0.717, 1.165) is 51.7 Å². The van der Waals surface area contributed by atoms with Gasteiger partial charge < -0.3 is 20.1 Å². The summed E-state index contributed by atoms with van der Waals surface area (Å²) < 4.78 is 11.6. The average molecular weight is 270 g/mol. The lowest BCUT2D eigenvalue weighted by molar-refractivity contribution is -0.127. The first-order chi connectivity index (χ1) is 9.24. The van der Waals surface area contributed by atoms with E-state index in [9.17, 15) is 4.79 Å². The van der Waals surface area contributed by atoms with Crippen LogP contribution in [-0.4, -0.2) is 50.5 Å². The number of rotatable bonds is 6. The SMILES string of the molecule is CCCCNC(=O)COC1COC2(CCNCC2)C1. The van der Waals surface area contributed by atoms with Crippen LogP contribution < -0.4 is 10.6 Å². The Balaban J connectivity index is 1.63. The Labute approximate surface area is 115 Å². The van der Waals surface area contributed by atoms with E-state index in [-0.39, 0.29) is 24.2 Å². The Kier molecular flexibility index (Phi) is 5.60. The van der Waals surface area contributed by atoms with Crippen molar-refractivity contribution in [3.63, 3.8) is 0 Å². The molecule has 1 atom stereocenters. The molecule has 2 N–H and O–H groups in total. The predicted molar refractivity (Wildman–Crippen MR) is 73.1 cm³/mol. The minimum absolute atomic E-state index is 0.00854. The lowest BCUT2D eigenvalue weighted by atomic mass is 9.89. The summed E-state index contributed by atoms with van der Waals surface area (Å²) in [6.07, 6.45) is 5.22. The Morgan fingerprint density at radius 3 is 3.00 bits per heavy atom. The molecule has 0 bridgehead atoms. The summed E-state index contributed by atoms with van der Waals surface area (Å²) in [7, 11) is 0. The fourth-order valence-electron chi connectivity index (χ4n) is 2.79. The second-order valence-electron chi connectivity index (χ2n) is 5.58. The summed E-state index contributed by atoms with van der Waals surface area (Å²) in [4.78, 5) is 11.6. The van der Waals surface area contributed by atoms with Gasteiger partial charge in [0, 0.05) is 13.0 Å². The van der Waals surface area contributed by atoms with Crippen molar-refractivity contribution in [3.05, 3.63) is 0 Å². The van der Waals surface area contributed by atoms with E-state index in [4.69, 9.17) is 9.47 Å². The van der Waals surface area contributed by atoms with Crippen molar-refractivity contribution in [1.29, 1.82) is 0 Å². The zero-order valence-corrected chi connectivity index (χ0v) is 11.9. The lowest BCUT2D eigenvalue weighted by Crippen LogP contribution is -2.41. The number of unbranched alkanes of at least 4 members (excludes halogenated alkanes) is 1. The smallest absolute Gasteiger partial charge is 0.246 e. The van der Waals surface area contributed by atoms with Crippen molar-refractivity contribution in [2.45, 2.75) is 50.7 Å². The molecule has 5 heteroatoms. The molecule has 0 saturated carbocycles. The maximum Gasteiger partial charge on any atom is 0.246 e. The highest BCUT2D eigenvalue weighted by Crippen LogP contribution is 2.34. The van der Waals surface area contributed by atoms with Crippen LogP contribution in [0.25, 0.3) is 0 Å². The molecule has 2 rings (SSSR count). The van der Waals surface area contributed by atoms with Gasteiger partial charge in [-0.1, -0.05) is 13.3 Å². The Morgan fingerprint density at radius 2 is 2.26 bits per heavy atom. The van der Waals surface area contributed by atoms with E-state index in [1.54, 1.807) is 0 Å². The van der Waals surface area contributed by atoms with Gasteiger partial charge >= 0.3 is 0 Å². The molecule has 2 heterocycles. The highest BCUT2D eigenvalue weighted by molar-refractivity contribution is 5.77. The summed E-state index contributed by atoms with van der Waals surface area (Å²) in [5.41, 5.74) is 0.00854. The number of ether oxygens (including phenoxy) is 2. The fraction of sp³-hybridized carbons (Fsp3) is 0.929. The van der Waals surface area contributed by atoms with Crippen LogP contribution in [0.1, 0.15) is 39.0 Å². The summed E-state index contributed by atoms with van der Waals surface area (Å²) >= 11 is 0. The first-order valence-corrected chi connectivity index (χ1v) is 7.47. The van der Waals surface area contributed by atoms with Gasteiger partial charge in [-0.15, -0.1) is 0 Å². The Hall–Kier alpha value is -0.650. The normalized spacial score (nSPS) is 25.6. The second-order valence-corrected chi connectivity index (χ2v) is 5.58. The average Bonchev–Trinajstić information content (AvgIpc) is 2.81. The van der Waals surface area contributed by atoms with Crippen LogP contribution >= 0.6 is 0 Å². The van der Waals surface area contributed by atoms with Crippen LogP contribution in [0, 0.1) is 0 Å². The number of nitrogens with one attached hydrogen (secondary N) is 2. The fourth-order valence-corrected chi connectivity index (χ4v) is 2.79. The van der Waals surface area contributed by atoms with Gasteiger partial charge in [-0.05, 0) is 32.4 Å². The number of hydrogen-bond donors (Lipinski definition) is 2. The third-order valence-electron chi connectivity index (χ3n) is 3.99. The third kappa shape index (κ3) is 4.44. The van der Waals surface area contributed by atoms with Crippen molar-refractivity contribution in [2.24, 2.45) is 0 Å². The maximum absolute atomic E-state index is 11.6. The molecule has 2 saturated heterocycles. The van der Waals surface area contributed by atoms with Crippen LogP contribution in [0.3, 0.4) is 0 Å². The quantitative estimate of drug-likeness (QED) is 0.702. The molecule has 2 fully saturated rings. The van der Waals surface area contributed by atoms with Crippen molar-refractivity contribution in [1.82, 2.24) is 10.6 Å². The number of carbonyl (C=O) groups is 1. The molecular formula is C14H26N2O3. The molecule has 1 amide bonds. The van der Waals surface area contributed by atoms with E-state index in [0.29, 0.717) is 6.61 Å². The molecule has 1 unspecified atom stereocenters. The zero-order valence-electron chi connectivity index (χ0n) is 11.9. The van der Waals surface area contributed by atoms with Gasteiger partial charge in [0.1, 0.15) is 6.61 Å². The maximum atomic E-state index is 11.6. The number of piperidine rings is 1. The molecule has 0 radical (unpaired) electrons. The van der Waals surface area contributed by atoms with E-state index >= 15 is 0 Å². The predicted octanol–water partition coefficient (Wildman–Crippen LogP) is 0.830. The highest BCUT2D eigenvalue weighted by Gasteiger charge is 2.41. The lowest BCUT2D eigenvalue weighted by Gasteiger charge is -2.32. The monoisotopic (exact) mass is 270 g/mol. The van der Waals surface area contributed by atoms with Crippen LogP contribution in [0.5, 0.6) is 0 Å². The standard InChI is InChI=1S/C14H26N2O3/c1-2-3-6-16-13(17)11-18-12-9-14(19-10-12)4-7-15-8-5-14/h12,15H,2-11H2,1H3,(H,16,17). The van der Waals surface area contributed by atoms with Gasteiger partial charge in [0.05, 0.1) is 18.3 Å². The molecule has 0 aromatic rings. The van der Waals surface area contributed by atoms with Crippen molar-refractivity contribution in [3.8, 4) is 0 Å². The molecule has 110 valence electrons. The van der Waals surface area contributed by atoms with Gasteiger partial charge in [-0.25, -0.2) is 0 Å². The molecule has 2 aliphatic heterocycles. The summed E-state index contributed by atoms with van der Waals surface area (Å²) in [5, 5.41) is 6.21. The number of amides is 1. The van der Waals surface area contributed by atoms with Gasteiger partial charge in [-0.2, -0.15) is 0 Å². The molecule has 0 aromatic heterocycles. The summed E-state index contributed by atoms with van der Waals surface area (Å²) in [6.45, 7) is 5.68. The third-order valence-corrected chi connectivity index (χ3v) is 3.99. The highest BCUT2D eigenvalue weighted by atomic mass is 16.6. The summed E-state index contributed by atoms with van der Waals surface area (Å²) in [6, 6.07) is 0. The number of hydrogen-bond acceptors (Lipinski definition) is 4. The minimum atomic E-state index is -0.0142. The van der Waals surface area contributed by atoms with Crippen LogP contribution in [-0.2, 0) is 14.3 Å². The van der Waals surface area contributed by atoms with E-state index < -0.39 is 0 Å². The second kappa shape index (κ2) is 7.22. The van der Waals surface area contributed by atoms with Gasteiger partial charge in [0.25, 0.3) is 0 Å². The van der Waals surface area contributed by atoms with E-state index in [1.165, 1.54) is 0 Å². The molecule has 0 aromatic carbocycles. The number of carbonyl (C=O) groups excluding carboxylic acids is 1. The topological polar surface area (TPSA) is 59.6 Å². The van der Waals surface area contributed by atoms with Gasteiger partial charge in [0.2, 0.25) is 5.91 Å². The van der Waals surface area contributed by atoms with Gasteiger partial charge in [-0.3, -0.25) is 4.79 Å². The Bertz CT molecular complexity index is 290. The summed E-state index contributed by atoms with van der Waals surface area (Å²) in [5.74, 6) is -0.0142. The Morgan fingerprint density at radius 1 is 1.47 bits per heavy atom. The van der Waals surface area contributed by atoms with Crippen LogP contribution in [0.2, 0.25) is 0 Å². The molecule has 5 nitrogen and oxygen atoms in total. The van der Waals surface area contributed by atoms with Crippen molar-refractivity contribution in [2.75, 3.05) is 32.8 Å². The molecular weight excluding hydrogens is 244 g/mol. The first-order valence-electron chi connectivity index (χ1n) is 7.47. The van der Waals surface area contributed by atoms with E-state index in [1.807, 2.05) is 0 Å². The van der Waals surface area contributed by atoms with E-state index in [2.05, 4.69) is 17.6 Å². The minimum Gasteiger partial charge on any atom is -0.372 e. The first kappa shape index (κ1) is 14.8. The van der Waals surface area contributed by atoms with Crippen LogP contribution in [0.4, 0.5) is 0 Å². The van der Waals surface area contributed by atoms with Crippen molar-refractivity contribution >= 4 is 5.91 Å². The molecule has 2 aliphatic rings. The molecule has 0 aliphatic carbocycles. The van der Waals surface area contributed by atoms with Crippen molar-refractivity contribution < 1.29 is 14.3 Å².